The van der Waals surface area contributed by atoms with E-state index in [0.717, 1.165) is 36.6 Å². The highest BCUT2D eigenvalue weighted by molar-refractivity contribution is 6.37. The first-order valence-corrected chi connectivity index (χ1v) is 10.6. The van der Waals surface area contributed by atoms with E-state index in [1.165, 1.54) is 0 Å². The number of nitrogens with zero attached hydrogens (tertiary/aromatic N) is 2. The van der Waals surface area contributed by atoms with Crippen LogP contribution >= 0.6 is 11.6 Å². The van der Waals surface area contributed by atoms with Gasteiger partial charge in [0.1, 0.15) is 16.7 Å². The zero-order valence-corrected chi connectivity index (χ0v) is 17.8. The summed E-state index contributed by atoms with van der Waals surface area (Å²) in [5, 5.41) is 8.98. The molecule has 2 heterocycles. The fourth-order valence-electron chi connectivity index (χ4n) is 4.47. The van der Waals surface area contributed by atoms with Crippen LogP contribution in [0, 0.1) is 18.8 Å². The molecule has 29 heavy (non-hydrogen) atoms. The molecular formula is C22H26ClN3O3. The van der Waals surface area contributed by atoms with Crippen LogP contribution in [0.5, 0.6) is 0 Å². The Morgan fingerprint density at radius 3 is 2.90 bits per heavy atom. The molecule has 1 aliphatic carbocycles. The van der Waals surface area contributed by atoms with Gasteiger partial charge >= 0.3 is 0 Å². The number of aromatic nitrogens is 2. The quantitative estimate of drug-likeness (QED) is 0.675. The molecule has 3 aromatic rings. The highest BCUT2D eigenvalue weighted by Crippen LogP contribution is 2.36. The Kier molecular flexibility index (Phi) is 5.38. The van der Waals surface area contributed by atoms with Crippen LogP contribution in [0.2, 0.25) is 5.02 Å². The minimum atomic E-state index is -0.0783. The number of halogens is 1. The van der Waals surface area contributed by atoms with Crippen molar-refractivity contribution in [2.45, 2.75) is 52.5 Å². The first-order chi connectivity index (χ1) is 13.9. The van der Waals surface area contributed by atoms with Gasteiger partial charge in [-0.05, 0) is 44.2 Å². The van der Waals surface area contributed by atoms with Gasteiger partial charge in [-0.3, -0.25) is 9.59 Å². The van der Waals surface area contributed by atoms with Crippen molar-refractivity contribution < 1.29 is 9.32 Å². The molecule has 4 rings (SSSR count). The number of benzene rings is 1. The molecule has 1 aromatic carbocycles. The van der Waals surface area contributed by atoms with E-state index >= 15 is 0 Å². The third kappa shape index (κ3) is 3.54. The van der Waals surface area contributed by atoms with E-state index in [0.29, 0.717) is 34.1 Å². The van der Waals surface area contributed by atoms with Crippen molar-refractivity contribution in [2.24, 2.45) is 11.8 Å². The van der Waals surface area contributed by atoms with E-state index in [9.17, 15) is 9.59 Å². The van der Waals surface area contributed by atoms with Crippen LogP contribution < -0.4 is 10.9 Å². The fourth-order valence-corrected chi connectivity index (χ4v) is 4.73. The first-order valence-electron chi connectivity index (χ1n) is 10.2. The molecule has 0 spiro atoms. The monoisotopic (exact) mass is 415 g/mol. The molecule has 2 atom stereocenters. The third-order valence-electron chi connectivity index (χ3n) is 5.99. The molecule has 1 amide bonds. The molecule has 7 heteroatoms. The molecular weight excluding hydrogens is 390 g/mol. The molecule has 0 radical (unpaired) electrons. The second kappa shape index (κ2) is 7.82. The molecule has 1 saturated carbocycles. The second-order valence-corrected chi connectivity index (χ2v) is 8.76. The average Bonchev–Trinajstić information content (AvgIpc) is 3.08. The largest absolute Gasteiger partial charge is 0.360 e. The van der Waals surface area contributed by atoms with Gasteiger partial charge in [0, 0.05) is 23.9 Å². The van der Waals surface area contributed by atoms with E-state index < -0.39 is 0 Å². The second-order valence-electron chi connectivity index (χ2n) is 8.36. The van der Waals surface area contributed by atoms with Crippen molar-refractivity contribution in [1.82, 2.24) is 15.0 Å². The minimum absolute atomic E-state index is 0.0259. The summed E-state index contributed by atoms with van der Waals surface area (Å²) in [5.41, 5.74) is 1.24. The maximum absolute atomic E-state index is 13.4. The Bertz CT molecular complexity index is 1130. The summed E-state index contributed by atoms with van der Waals surface area (Å²) in [6.07, 6.45) is 3.83. The highest BCUT2D eigenvalue weighted by atomic mass is 35.5. The van der Waals surface area contributed by atoms with Crippen molar-refractivity contribution >= 4 is 39.3 Å². The van der Waals surface area contributed by atoms with Crippen LogP contribution in [0.3, 0.4) is 0 Å². The summed E-state index contributed by atoms with van der Waals surface area (Å²) in [6, 6.07) is 5.66. The van der Waals surface area contributed by atoms with Gasteiger partial charge in [-0.2, -0.15) is 0 Å². The van der Waals surface area contributed by atoms with E-state index in [-0.39, 0.29) is 23.4 Å². The van der Waals surface area contributed by atoms with Crippen LogP contribution in [0.25, 0.3) is 21.8 Å². The van der Waals surface area contributed by atoms with E-state index in [2.05, 4.69) is 10.5 Å². The predicted molar refractivity (Wildman–Crippen MR) is 114 cm³/mol. The van der Waals surface area contributed by atoms with Gasteiger partial charge in [0.2, 0.25) is 5.91 Å². The molecule has 2 aromatic heterocycles. The Hall–Kier alpha value is -2.34. The average molecular weight is 416 g/mol. The lowest BCUT2D eigenvalue weighted by molar-refractivity contribution is -0.124. The van der Waals surface area contributed by atoms with Crippen molar-refractivity contribution in [3.8, 4) is 0 Å². The Labute approximate surface area is 174 Å². The zero-order chi connectivity index (χ0) is 20.7. The lowest BCUT2D eigenvalue weighted by Crippen LogP contribution is -2.36. The number of pyridine rings is 1. The molecule has 6 nitrogen and oxygen atoms in total. The first kappa shape index (κ1) is 20.0. The number of hydrogen-bond acceptors (Lipinski definition) is 4. The molecule has 0 bridgehead atoms. The normalized spacial score (nSPS) is 19.9. The van der Waals surface area contributed by atoms with Crippen LogP contribution in [-0.2, 0) is 4.79 Å². The van der Waals surface area contributed by atoms with Crippen LogP contribution in [0.15, 0.2) is 27.5 Å². The van der Waals surface area contributed by atoms with E-state index in [1.54, 1.807) is 6.92 Å². The summed E-state index contributed by atoms with van der Waals surface area (Å²) in [4.78, 5) is 25.4. The van der Waals surface area contributed by atoms with Gasteiger partial charge in [0.05, 0.1) is 10.5 Å². The SMILES string of the molecule is Cc1onc2c1c(=O)n([C@@H]1CCC[C@H](CNC(=O)C(C)C)C1)c1cccc(Cl)c21. The number of carbonyl (C=O) groups excluding carboxylic acids is 1. The van der Waals surface area contributed by atoms with Gasteiger partial charge in [0.25, 0.3) is 5.56 Å². The summed E-state index contributed by atoms with van der Waals surface area (Å²) >= 11 is 6.51. The molecule has 1 N–H and O–H groups in total. The van der Waals surface area contributed by atoms with E-state index in [1.807, 2.05) is 36.6 Å². The number of amides is 1. The van der Waals surface area contributed by atoms with E-state index in [4.69, 9.17) is 16.1 Å². The maximum Gasteiger partial charge on any atom is 0.264 e. The summed E-state index contributed by atoms with van der Waals surface area (Å²) in [5.74, 6) is 0.902. The standard InChI is InChI=1S/C22H26ClN3O3/c1-12(2)21(27)24-11-14-6-4-7-15(10-14)26-17-9-5-8-16(23)19(17)20-18(22(26)28)13(3)29-25-20/h5,8-9,12,14-15H,4,6-7,10-11H2,1-3H3,(H,24,27)/t14-,15+/m0/s1. The number of carbonyl (C=O) groups is 1. The lowest BCUT2D eigenvalue weighted by atomic mass is 9.85. The molecule has 0 saturated heterocycles. The topological polar surface area (TPSA) is 77.1 Å². The van der Waals surface area contributed by atoms with Crippen molar-refractivity contribution in [2.75, 3.05) is 6.54 Å². The Morgan fingerprint density at radius 1 is 1.34 bits per heavy atom. The fraction of sp³-hybridized carbons (Fsp3) is 0.500. The number of rotatable bonds is 4. The van der Waals surface area contributed by atoms with Gasteiger partial charge in [-0.25, -0.2) is 0 Å². The van der Waals surface area contributed by atoms with Crippen molar-refractivity contribution in [1.29, 1.82) is 0 Å². The number of fused-ring (bicyclic) bond motifs is 3. The predicted octanol–water partition coefficient (Wildman–Crippen LogP) is 4.61. The number of aryl methyl sites for hydroxylation is 1. The summed E-state index contributed by atoms with van der Waals surface area (Å²) in [7, 11) is 0. The third-order valence-corrected chi connectivity index (χ3v) is 6.31. The van der Waals surface area contributed by atoms with Gasteiger partial charge in [-0.15, -0.1) is 0 Å². The molecule has 1 fully saturated rings. The van der Waals surface area contributed by atoms with Crippen LogP contribution in [-0.4, -0.2) is 22.2 Å². The molecule has 154 valence electrons. The smallest absolute Gasteiger partial charge is 0.264 e. The summed E-state index contributed by atoms with van der Waals surface area (Å²) < 4.78 is 7.22. The van der Waals surface area contributed by atoms with Gasteiger partial charge in [-0.1, -0.05) is 43.1 Å². The van der Waals surface area contributed by atoms with Crippen LogP contribution in [0.1, 0.15) is 51.3 Å². The van der Waals surface area contributed by atoms with Gasteiger partial charge in [0.15, 0.2) is 0 Å². The number of hydrogen-bond donors (Lipinski definition) is 1. The molecule has 0 unspecified atom stereocenters. The Balaban J connectivity index is 1.76. The van der Waals surface area contributed by atoms with Gasteiger partial charge < -0.3 is 14.4 Å². The highest BCUT2D eigenvalue weighted by Gasteiger charge is 2.28. The maximum atomic E-state index is 13.4. The zero-order valence-electron chi connectivity index (χ0n) is 17.0. The van der Waals surface area contributed by atoms with Crippen molar-refractivity contribution in [3.63, 3.8) is 0 Å². The Morgan fingerprint density at radius 2 is 2.14 bits per heavy atom. The minimum Gasteiger partial charge on any atom is -0.360 e. The molecule has 1 aliphatic rings. The number of nitrogens with one attached hydrogen (secondary N) is 1. The van der Waals surface area contributed by atoms with Crippen LogP contribution in [0.4, 0.5) is 0 Å². The lowest BCUT2D eigenvalue weighted by Gasteiger charge is -2.31. The molecule has 0 aliphatic heterocycles. The van der Waals surface area contributed by atoms with Crippen molar-refractivity contribution in [3.05, 3.63) is 39.3 Å². The summed E-state index contributed by atoms with van der Waals surface area (Å²) in [6.45, 7) is 6.19.